The highest BCUT2D eigenvalue weighted by Gasteiger charge is 2.37. The van der Waals surface area contributed by atoms with Gasteiger partial charge in [-0.05, 0) is 44.4 Å². The number of likely N-dealkylation sites (tertiary alicyclic amines) is 1. The van der Waals surface area contributed by atoms with Gasteiger partial charge in [-0.2, -0.15) is 0 Å². The van der Waals surface area contributed by atoms with Gasteiger partial charge in [0, 0.05) is 18.6 Å². The molecule has 3 fully saturated rings. The van der Waals surface area contributed by atoms with Crippen LogP contribution in [0.15, 0.2) is 0 Å². The molecule has 3 unspecified atom stereocenters. The van der Waals surface area contributed by atoms with Crippen LogP contribution < -0.4 is 5.32 Å². The van der Waals surface area contributed by atoms with Crippen molar-refractivity contribution < 1.29 is 4.79 Å². The molecule has 0 aromatic heterocycles. The van der Waals surface area contributed by atoms with Gasteiger partial charge in [0.05, 0.1) is 6.04 Å². The van der Waals surface area contributed by atoms with Gasteiger partial charge in [-0.15, -0.1) is 0 Å². The van der Waals surface area contributed by atoms with Gasteiger partial charge in [-0.1, -0.05) is 26.2 Å². The minimum absolute atomic E-state index is 0.122. The van der Waals surface area contributed by atoms with Gasteiger partial charge in [0.2, 0.25) is 5.91 Å². The molecule has 0 aromatic carbocycles. The third-order valence-corrected chi connectivity index (χ3v) is 5.20. The summed E-state index contributed by atoms with van der Waals surface area (Å²) in [7, 11) is 0. The zero-order chi connectivity index (χ0) is 13.2. The summed E-state index contributed by atoms with van der Waals surface area (Å²) in [5, 5.41) is 3.55. The van der Waals surface area contributed by atoms with Crippen molar-refractivity contribution in [2.24, 2.45) is 5.92 Å². The molecule has 0 spiro atoms. The topological polar surface area (TPSA) is 32.3 Å². The minimum Gasteiger partial charge on any atom is -0.338 e. The summed E-state index contributed by atoms with van der Waals surface area (Å²) in [6.07, 6.45) is 11.3. The Morgan fingerprint density at radius 3 is 2.58 bits per heavy atom. The second-order valence-electron chi connectivity index (χ2n) is 6.85. The minimum atomic E-state index is 0.122. The zero-order valence-corrected chi connectivity index (χ0v) is 12.2. The third-order valence-electron chi connectivity index (χ3n) is 5.20. The number of piperidine rings is 1. The Hall–Kier alpha value is -0.570. The fraction of sp³-hybridized carbons (Fsp3) is 0.938. The number of carbonyl (C=O) groups is 1. The van der Waals surface area contributed by atoms with Crippen molar-refractivity contribution in [3.05, 3.63) is 0 Å². The SMILES string of the molecule is CC1CCCCCC1N1CCCC(NC2CC2)C1=O. The van der Waals surface area contributed by atoms with Crippen molar-refractivity contribution >= 4 is 5.91 Å². The van der Waals surface area contributed by atoms with Crippen molar-refractivity contribution in [3.8, 4) is 0 Å². The first-order chi connectivity index (χ1) is 9.25. The van der Waals surface area contributed by atoms with E-state index in [9.17, 15) is 4.79 Å². The Morgan fingerprint density at radius 1 is 1.00 bits per heavy atom. The van der Waals surface area contributed by atoms with E-state index in [-0.39, 0.29) is 6.04 Å². The molecule has 2 aliphatic carbocycles. The van der Waals surface area contributed by atoms with E-state index in [1.165, 1.54) is 51.4 Å². The van der Waals surface area contributed by atoms with Crippen LogP contribution in [-0.4, -0.2) is 35.5 Å². The van der Waals surface area contributed by atoms with Gasteiger partial charge >= 0.3 is 0 Å². The molecule has 3 aliphatic rings. The maximum absolute atomic E-state index is 12.7. The van der Waals surface area contributed by atoms with E-state index in [0.29, 0.717) is 23.9 Å². The molecule has 0 aromatic rings. The third kappa shape index (κ3) is 3.13. The fourth-order valence-corrected chi connectivity index (χ4v) is 3.85. The number of nitrogens with one attached hydrogen (secondary N) is 1. The number of hydrogen-bond acceptors (Lipinski definition) is 2. The quantitative estimate of drug-likeness (QED) is 0.795. The van der Waals surface area contributed by atoms with Crippen LogP contribution in [0.3, 0.4) is 0 Å². The van der Waals surface area contributed by atoms with Crippen LogP contribution in [0.2, 0.25) is 0 Å². The molecule has 3 rings (SSSR count). The highest BCUT2D eigenvalue weighted by atomic mass is 16.2. The number of amides is 1. The summed E-state index contributed by atoms with van der Waals surface area (Å²) >= 11 is 0. The summed E-state index contributed by atoms with van der Waals surface area (Å²) < 4.78 is 0. The fourth-order valence-electron chi connectivity index (χ4n) is 3.85. The molecule has 1 N–H and O–H groups in total. The second kappa shape index (κ2) is 5.82. The van der Waals surface area contributed by atoms with Gasteiger partial charge in [-0.3, -0.25) is 4.79 Å². The Morgan fingerprint density at radius 2 is 1.79 bits per heavy atom. The lowest BCUT2D eigenvalue weighted by atomic mass is 9.92. The van der Waals surface area contributed by atoms with Crippen molar-refractivity contribution in [3.63, 3.8) is 0 Å². The van der Waals surface area contributed by atoms with Crippen LogP contribution in [0.1, 0.15) is 64.7 Å². The highest BCUT2D eigenvalue weighted by molar-refractivity contribution is 5.83. The largest absolute Gasteiger partial charge is 0.338 e. The first-order valence-electron chi connectivity index (χ1n) is 8.32. The molecule has 3 heteroatoms. The van der Waals surface area contributed by atoms with E-state index < -0.39 is 0 Å². The monoisotopic (exact) mass is 264 g/mol. The van der Waals surface area contributed by atoms with Crippen LogP contribution in [0.4, 0.5) is 0 Å². The van der Waals surface area contributed by atoms with E-state index in [1.807, 2.05) is 0 Å². The number of rotatable bonds is 3. The Balaban J connectivity index is 1.65. The average molecular weight is 264 g/mol. The summed E-state index contributed by atoms with van der Waals surface area (Å²) in [5.41, 5.74) is 0. The van der Waals surface area contributed by atoms with E-state index >= 15 is 0 Å². The molecule has 108 valence electrons. The maximum Gasteiger partial charge on any atom is 0.239 e. The first-order valence-corrected chi connectivity index (χ1v) is 8.32. The van der Waals surface area contributed by atoms with Gasteiger partial charge in [-0.25, -0.2) is 0 Å². The van der Waals surface area contributed by atoms with Crippen molar-refractivity contribution in [2.45, 2.75) is 82.8 Å². The Kier molecular flexibility index (Phi) is 4.11. The lowest BCUT2D eigenvalue weighted by molar-refractivity contribution is -0.140. The van der Waals surface area contributed by atoms with Gasteiger partial charge in [0.25, 0.3) is 0 Å². The lowest BCUT2D eigenvalue weighted by Crippen LogP contribution is -2.55. The Bertz CT molecular complexity index is 327. The molecule has 1 aliphatic heterocycles. The predicted molar refractivity (Wildman–Crippen MR) is 76.9 cm³/mol. The van der Waals surface area contributed by atoms with E-state index in [0.717, 1.165) is 13.0 Å². The standard InChI is InChI=1S/C16H28N2O/c1-12-6-3-2-4-8-15(12)18-11-5-7-14(16(18)19)17-13-9-10-13/h12-15,17H,2-11H2,1H3. The number of nitrogens with zero attached hydrogens (tertiary/aromatic N) is 1. The molecule has 1 amide bonds. The highest BCUT2D eigenvalue weighted by Crippen LogP contribution is 2.30. The van der Waals surface area contributed by atoms with E-state index in [2.05, 4.69) is 17.1 Å². The maximum atomic E-state index is 12.7. The molecular formula is C16H28N2O. The smallest absolute Gasteiger partial charge is 0.239 e. The van der Waals surface area contributed by atoms with Crippen LogP contribution in [0.5, 0.6) is 0 Å². The number of carbonyl (C=O) groups excluding carboxylic acids is 1. The Labute approximate surface area is 117 Å². The summed E-state index contributed by atoms with van der Waals surface area (Å²) in [6.45, 7) is 3.35. The lowest BCUT2D eigenvalue weighted by Gasteiger charge is -2.40. The first kappa shape index (κ1) is 13.4. The van der Waals surface area contributed by atoms with E-state index in [1.54, 1.807) is 0 Å². The molecule has 0 bridgehead atoms. The van der Waals surface area contributed by atoms with Crippen LogP contribution in [0.25, 0.3) is 0 Å². The van der Waals surface area contributed by atoms with Gasteiger partial charge in [0.15, 0.2) is 0 Å². The predicted octanol–water partition coefficient (Wildman–Crippen LogP) is 2.70. The van der Waals surface area contributed by atoms with Crippen molar-refractivity contribution in [2.75, 3.05) is 6.54 Å². The van der Waals surface area contributed by atoms with Crippen LogP contribution in [-0.2, 0) is 4.79 Å². The van der Waals surface area contributed by atoms with Gasteiger partial charge < -0.3 is 10.2 Å². The normalized spacial score (nSPS) is 37.2. The van der Waals surface area contributed by atoms with Crippen molar-refractivity contribution in [1.82, 2.24) is 10.2 Å². The van der Waals surface area contributed by atoms with Crippen LogP contribution in [0, 0.1) is 5.92 Å². The molecule has 1 heterocycles. The second-order valence-corrected chi connectivity index (χ2v) is 6.85. The molecule has 2 saturated carbocycles. The molecule has 0 radical (unpaired) electrons. The number of hydrogen-bond donors (Lipinski definition) is 1. The summed E-state index contributed by atoms with van der Waals surface area (Å²) in [5.74, 6) is 1.09. The molecule has 1 saturated heterocycles. The van der Waals surface area contributed by atoms with E-state index in [4.69, 9.17) is 0 Å². The molecule has 3 atom stereocenters. The van der Waals surface area contributed by atoms with Crippen molar-refractivity contribution in [1.29, 1.82) is 0 Å². The molecule has 3 nitrogen and oxygen atoms in total. The van der Waals surface area contributed by atoms with Gasteiger partial charge in [0.1, 0.15) is 0 Å². The molecular weight excluding hydrogens is 236 g/mol. The summed E-state index contributed by atoms with van der Waals surface area (Å²) in [4.78, 5) is 14.9. The average Bonchev–Trinajstić information content (AvgIpc) is 3.21. The van der Waals surface area contributed by atoms with Crippen LogP contribution >= 0.6 is 0 Å². The summed E-state index contributed by atoms with van der Waals surface area (Å²) in [6, 6.07) is 1.27. The zero-order valence-electron chi connectivity index (χ0n) is 12.2. The molecule has 19 heavy (non-hydrogen) atoms.